The summed E-state index contributed by atoms with van der Waals surface area (Å²) in [5.41, 5.74) is 2.79. The highest BCUT2D eigenvalue weighted by atomic mass is 14.9. The fourth-order valence-corrected chi connectivity index (χ4v) is 2.74. The Morgan fingerprint density at radius 1 is 1.50 bits per heavy atom. The highest BCUT2D eigenvalue weighted by molar-refractivity contribution is 5.39. The van der Waals surface area contributed by atoms with E-state index in [9.17, 15) is 0 Å². The zero-order valence-corrected chi connectivity index (χ0v) is 10.5. The van der Waals surface area contributed by atoms with Crippen molar-refractivity contribution in [3.63, 3.8) is 0 Å². The molecule has 1 aliphatic heterocycles. The van der Waals surface area contributed by atoms with Crippen LogP contribution in [0.4, 0.5) is 0 Å². The molecule has 1 aliphatic carbocycles. The first-order chi connectivity index (χ1) is 7.59. The summed E-state index contributed by atoms with van der Waals surface area (Å²) in [5.74, 6) is 1.18. The molecule has 16 heavy (non-hydrogen) atoms. The first-order valence-electron chi connectivity index (χ1n) is 6.07. The van der Waals surface area contributed by atoms with Crippen LogP contribution in [-0.4, -0.2) is 0 Å². The monoisotopic (exact) mass is 215 g/mol. The Labute approximate surface area is 98.6 Å². The van der Waals surface area contributed by atoms with Crippen molar-refractivity contribution in [2.24, 2.45) is 17.3 Å². The van der Waals surface area contributed by atoms with Crippen molar-refractivity contribution in [2.75, 3.05) is 0 Å². The standard InChI is InChI=1S/C15H21N/c1-5-13-8-6-7-11(2)15(4)9-10-16-14(13)12(15)3/h5-6,8-12,16H,1,7H2,2-4H3/t11-,12+,15+/m1/s1. The molecule has 0 radical (unpaired) electrons. The first kappa shape index (κ1) is 11.3. The molecule has 86 valence electrons. The van der Waals surface area contributed by atoms with Crippen molar-refractivity contribution in [3.8, 4) is 0 Å². The van der Waals surface area contributed by atoms with Gasteiger partial charge in [0.25, 0.3) is 0 Å². The average Bonchev–Trinajstić information content (AvgIpc) is 2.28. The molecule has 0 aromatic carbocycles. The van der Waals surface area contributed by atoms with Crippen LogP contribution in [-0.2, 0) is 0 Å². The van der Waals surface area contributed by atoms with E-state index in [2.05, 4.69) is 57.1 Å². The molecule has 2 aliphatic rings. The fourth-order valence-electron chi connectivity index (χ4n) is 2.74. The Kier molecular flexibility index (Phi) is 2.79. The van der Waals surface area contributed by atoms with Crippen LogP contribution in [0.25, 0.3) is 0 Å². The lowest BCUT2D eigenvalue weighted by Gasteiger charge is -2.43. The normalized spacial score (nSPS) is 37.7. The smallest absolute Gasteiger partial charge is 0.0257 e. The van der Waals surface area contributed by atoms with Gasteiger partial charge in [0.2, 0.25) is 0 Å². The quantitative estimate of drug-likeness (QED) is 0.702. The Balaban J connectivity index is 2.56. The summed E-state index contributed by atoms with van der Waals surface area (Å²) in [6.45, 7) is 10.9. The molecule has 1 nitrogen and oxygen atoms in total. The molecule has 0 aromatic heterocycles. The number of hydrogen-bond acceptors (Lipinski definition) is 1. The minimum absolute atomic E-state index is 0.250. The van der Waals surface area contributed by atoms with Gasteiger partial charge in [-0.3, -0.25) is 0 Å². The Morgan fingerprint density at radius 3 is 2.94 bits per heavy atom. The molecule has 0 unspecified atom stereocenters. The van der Waals surface area contributed by atoms with E-state index in [0.29, 0.717) is 11.8 Å². The zero-order valence-electron chi connectivity index (χ0n) is 10.5. The largest absolute Gasteiger partial charge is 0.365 e. The third kappa shape index (κ3) is 1.55. The summed E-state index contributed by atoms with van der Waals surface area (Å²) in [4.78, 5) is 0. The molecule has 3 atom stereocenters. The summed E-state index contributed by atoms with van der Waals surface area (Å²) < 4.78 is 0. The van der Waals surface area contributed by atoms with Gasteiger partial charge in [0.15, 0.2) is 0 Å². The Hall–Kier alpha value is -1.24. The lowest BCUT2D eigenvalue weighted by atomic mass is 9.64. The van der Waals surface area contributed by atoms with E-state index in [1.807, 2.05) is 6.08 Å². The van der Waals surface area contributed by atoms with Crippen LogP contribution in [0, 0.1) is 17.3 Å². The van der Waals surface area contributed by atoms with E-state index in [1.54, 1.807) is 0 Å². The Bertz CT molecular complexity index is 386. The second kappa shape index (κ2) is 3.97. The summed E-state index contributed by atoms with van der Waals surface area (Å²) in [5, 5.41) is 3.39. The van der Waals surface area contributed by atoms with Gasteiger partial charge in [0.1, 0.15) is 0 Å². The van der Waals surface area contributed by atoms with E-state index in [1.165, 1.54) is 11.3 Å². The van der Waals surface area contributed by atoms with Crippen LogP contribution in [0.5, 0.6) is 0 Å². The van der Waals surface area contributed by atoms with E-state index in [-0.39, 0.29) is 5.41 Å². The maximum absolute atomic E-state index is 3.91. The van der Waals surface area contributed by atoms with Gasteiger partial charge in [-0.15, -0.1) is 0 Å². The van der Waals surface area contributed by atoms with Gasteiger partial charge in [-0.25, -0.2) is 0 Å². The lowest BCUT2D eigenvalue weighted by Crippen LogP contribution is -2.39. The first-order valence-corrected chi connectivity index (χ1v) is 6.07. The predicted octanol–water partition coefficient (Wildman–Crippen LogP) is 3.78. The molecular weight excluding hydrogens is 194 g/mol. The summed E-state index contributed by atoms with van der Waals surface area (Å²) >= 11 is 0. The average molecular weight is 215 g/mol. The molecule has 1 heterocycles. The predicted molar refractivity (Wildman–Crippen MR) is 69.7 cm³/mol. The molecule has 0 saturated carbocycles. The number of hydrogen-bond donors (Lipinski definition) is 1. The SMILES string of the molecule is C=CC1=C2NC=C[C@@](C)([C@H](C)CC=C1)[C@H]2C. The van der Waals surface area contributed by atoms with Gasteiger partial charge in [-0.2, -0.15) is 0 Å². The molecule has 2 rings (SSSR count). The molecule has 0 amide bonds. The van der Waals surface area contributed by atoms with Crippen molar-refractivity contribution in [1.82, 2.24) is 5.32 Å². The molecule has 0 spiro atoms. The van der Waals surface area contributed by atoms with Crippen molar-refractivity contribution < 1.29 is 0 Å². The van der Waals surface area contributed by atoms with Gasteiger partial charge < -0.3 is 5.32 Å². The Morgan fingerprint density at radius 2 is 2.25 bits per heavy atom. The summed E-state index contributed by atoms with van der Waals surface area (Å²) in [6.07, 6.45) is 12.0. The van der Waals surface area contributed by atoms with E-state index >= 15 is 0 Å². The molecule has 0 saturated heterocycles. The molecule has 0 fully saturated rings. The van der Waals surface area contributed by atoms with Crippen molar-refractivity contribution in [2.45, 2.75) is 27.2 Å². The lowest BCUT2D eigenvalue weighted by molar-refractivity contribution is 0.190. The number of allylic oxidation sites excluding steroid dienone is 6. The third-order valence-corrected chi connectivity index (χ3v) is 4.43. The van der Waals surface area contributed by atoms with Gasteiger partial charge in [-0.05, 0) is 29.5 Å². The van der Waals surface area contributed by atoms with Crippen LogP contribution in [0.2, 0.25) is 0 Å². The summed E-state index contributed by atoms with van der Waals surface area (Å²) in [7, 11) is 0. The van der Waals surface area contributed by atoms with Crippen molar-refractivity contribution in [3.05, 3.63) is 48.4 Å². The molecular formula is C15H21N. The van der Waals surface area contributed by atoms with Gasteiger partial charge in [0.05, 0.1) is 0 Å². The van der Waals surface area contributed by atoms with Gasteiger partial charge >= 0.3 is 0 Å². The zero-order chi connectivity index (χ0) is 11.8. The van der Waals surface area contributed by atoms with Crippen LogP contribution in [0.3, 0.4) is 0 Å². The van der Waals surface area contributed by atoms with E-state index in [0.717, 1.165) is 6.42 Å². The molecule has 1 N–H and O–H groups in total. The maximum Gasteiger partial charge on any atom is 0.0257 e. The summed E-state index contributed by atoms with van der Waals surface area (Å²) in [6, 6.07) is 0. The topological polar surface area (TPSA) is 12.0 Å². The number of rotatable bonds is 1. The minimum Gasteiger partial charge on any atom is -0.365 e. The van der Waals surface area contributed by atoms with E-state index < -0.39 is 0 Å². The fraction of sp³-hybridized carbons (Fsp3) is 0.467. The van der Waals surface area contributed by atoms with E-state index in [4.69, 9.17) is 0 Å². The molecule has 2 bridgehead atoms. The van der Waals surface area contributed by atoms with Crippen LogP contribution in [0.1, 0.15) is 27.2 Å². The molecule has 1 heteroatoms. The van der Waals surface area contributed by atoms with Crippen LogP contribution < -0.4 is 5.32 Å². The van der Waals surface area contributed by atoms with Crippen LogP contribution in [0.15, 0.2) is 48.4 Å². The third-order valence-electron chi connectivity index (χ3n) is 4.43. The molecule has 0 aromatic rings. The second-order valence-corrected chi connectivity index (χ2v) is 5.18. The van der Waals surface area contributed by atoms with Crippen molar-refractivity contribution in [1.29, 1.82) is 0 Å². The maximum atomic E-state index is 3.91. The van der Waals surface area contributed by atoms with Gasteiger partial charge in [0, 0.05) is 11.6 Å². The minimum atomic E-state index is 0.250. The second-order valence-electron chi connectivity index (χ2n) is 5.18. The van der Waals surface area contributed by atoms with Gasteiger partial charge in [-0.1, -0.05) is 51.7 Å². The highest BCUT2D eigenvalue weighted by Gasteiger charge is 2.38. The van der Waals surface area contributed by atoms with Crippen molar-refractivity contribution >= 4 is 0 Å². The van der Waals surface area contributed by atoms with Crippen LogP contribution >= 0.6 is 0 Å². The number of fused-ring (bicyclic) bond motifs is 2. The highest BCUT2D eigenvalue weighted by Crippen LogP contribution is 2.45. The number of nitrogens with one attached hydrogen (secondary N) is 1.